The standard InChI is InChI=1S/C21H27F/c1-4-7-17-21(6-3,19-14-10-8-11-15-19)18-13-9-12-16-20(22)5-2/h2,8-12,14-16H,4,6-7,13,17-18H2,1,3H3/b12-9-,20-16+. The maximum atomic E-state index is 12.9. The molecule has 0 radical (unpaired) electrons. The van der Waals surface area contributed by atoms with E-state index in [2.05, 4.69) is 44.2 Å². The van der Waals surface area contributed by atoms with Gasteiger partial charge in [0, 0.05) is 0 Å². The topological polar surface area (TPSA) is 0 Å². The van der Waals surface area contributed by atoms with E-state index in [0.717, 1.165) is 19.3 Å². The maximum Gasteiger partial charge on any atom is 0.172 e. The van der Waals surface area contributed by atoms with Crippen molar-refractivity contribution < 1.29 is 4.39 Å². The predicted molar refractivity (Wildman–Crippen MR) is 94.3 cm³/mol. The summed E-state index contributed by atoms with van der Waals surface area (Å²) >= 11 is 0. The Kier molecular flexibility index (Phi) is 8.30. The van der Waals surface area contributed by atoms with Crippen LogP contribution in [0.25, 0.3) is 0 Å². The highest BCUT2D eigenvalue weighted by Crippen LogP contribution is 2.38. The second-order valence-corrected chi connectivity index (χ2v) is 5.73. The van der Waals surface area contributed by atoms with Crippen LogP contribution in [0.15, 0.2) is 54.4 Å². The van der Waals surface area contributed by atoms with Gasteiger partial charge in [-0.15, -0.1) is 6.42 Å². The zero-order chi connectivity index (χ0) is 16.3. The number of hydrogen-bond donors (Lipinski definition) is 0. The molecule has 0 aliphatic rings. The van der Waals surface area contributed by atoms with Crippen molar-refractivity contribution in [3.63, 3.8) is 0 Å². The van der Waals surface area contributed by atoms with Crippen molar-refractivity contribution in [1.82, 2.24) is 0 Å². The third-order valence-corrected chi connectivity index (χ3v) is 4.38. The van der Waals surface area contributed by atoms with Crippen molar-refractivity contribution in [3.05, 3.63) is 60.0 Å². The molecular weight excluding hydrogens is 271 g/mol. The molecule has 0 bridgehead atoms. The minimum absolute atomic E-state index is 0.218. The number of benzene rings is 1. The van der Waals surface area contributed by atoms with E-state index in [9.17, 15) is 4.39 Å². The number of rotatable bonds is 9. The van der Waals surface area contributed by atoms with E-state index in [1.165, 1.54) is 30.9 Å². The van der Waals surface area contributed by atoms with Crippen molar-refractivity contribution in [2.45, 2.75) is 57.8 Å². The van der Waals surface area contributed by atoms with Gasteiger partial charge < -0.3 is 0 Å². The number of hydrogen-bond acceptors (Lipinski definition) is 0. The Labute approximate surface area is 135 Å². The third kappa shape index (κ3) is 5.53. The summed E-state index contributed by atoms with van der Waals surface area (Å²) in [4.78, 5) is 0. The normalized spacial score (nSPS) is 14.7. The van der Waals surface area contributed by atoms with Crippen LogP contribution in [0.2, 0.25) is 0 Å². The largest absolute Gasteiger partial charge is 0.197 e. The summed E-state index contributed by atoms with van der Waals surface area (Å²) in [6, 6.07) is 10.8. The fourth-order valence-corrected chi connectivity index (χ4v) is 2.93. The lowest BCUT2D eigenvalue weighted by Crippen LogP contribution is -2.25. The molecule has 1 aromatic carbocycles. The van der Waals surface area contributed by atoms with E-state index >= 15 is 0 Å². The van der Waals surface area contributed by atoms with Crippen LogP contribution in [0, 0.1) is 12.3 Å². The fourth-order valence-electron chi connectivity index (χ4n) is 2.93. The molecule has 0 aromatic heterocycles. The Bertz CT molecular complexity index is 519. The molecule has 0 heterocycles. The molecular formula is C21H27F. The minimum Gasteiger partial charge on any atom is -0.197 e. The molecule has 118 valence electrons. The van der Waals surface area contributed by atoms with Gasteiger partial charge in [0.2, 0.25) is 0 Å². The van der Waals surface area contributed by atoms with E-state index in [-0.39, 0.29) is 5.41 Å². The van der Waals surface area contributed by atoms with Crippen LogP contribution >= 0.6 is 0 Å². The lowest BCUT2D eigenvalue weighted by atomic mass is 9.71. The van der Waals surface area contributed by atoms with Crippen LogP contribution < -0.4 is 0 Å². The van der Waals surface area contributed by atoms with Gasteiger partial charge in [0.25, 0.3) is 0 Å². The van der Waals surface area contributed by atoms with Gasteiger partial charge in [-0.25, -0.2) is 0 Å². The smallest absolute Gasteiger partial charge is 0.172 e. The third-order valence-electron chi connectivity index (χ3n) is 4.38. The Morgan fingerprint density at radius 2 is 1.95 bits per heavy atom. The molecule has 1 heteroatoms. The van der Waals surface area contributed by atoms with Crippen molar-refractivity contribution in [3.8, 4) is 12.3 Å². The zero-order valence-corrected chi connectivity index (χ0v) is 13.8. The van der Waals surface area contributed by atoms with Crippen LogP contribution in [0.1, 0.15) is 57.9 Å². The summed E-state index contributed by atoms with van der Waals surface area (Å²) in [5.41, 5.74) is 1.64. The summed E-state index contributed by atoms with van der Waals surface area (Å²) in [6.45, 7) is 4.50. The van der Waals surface area contributed by atoms with E-state index < -0.39 is 5.83 Å². The lowest BCUT2D eigenvalue weighted by Gasteiger charge is -2.33. The molecule has 0 spiro atoms. The molecule has 0 aliphatic heterocycles. The molecule has 1 unspecified atom stereocenters. The Balaban J connectivity index is 2.81. The van der Waals surface area contributed by atoms with Gasteiger partial charge in [-0.3, -0.25) is 0 Å². The number of allylic oxidation sites excluding steroid dienone is 4. The molecule has 22 heavy (non-hydrogen) atoms. The van der Waals surface area contributed by atoms with Crippen LogP contribution in [0.3, 0.4) is 0 Å². The SMILES string of the molecule is C#C/C(F)=C\C=C/CCC(CC)(CCCC)c1ccccc1. The van der Waals surface area contributed by atoms with E-state index in [0.29, 0.717) is 0 Å². The first-order valence-corrected chi connectivity index (χ1v) is 8.23. The zero-order valence-electron chi connectivity index (χ0n) is 13.8. The van der Waals surface area contributed by atoms with Gasteiger partial charge in [0.05, 0.1) is 0 Å². The maximum absolute atomic E-state index is 12.9. The first-order valence-electron chi connectivity index (χ1n) is 8.23. The van der Waals surface area contributed by atoms with Gasteiger partial charge in [0.1, 0.15) is 0 Å². The van der Waals surface area contributed by atoms with Gasteiger partial charge >= 0.3 is 0 Å². The molecule has 0 nitrogen and oxygen atoms in total. The minimum atomic E-state index is -0.521. The van der Waals surface area contributed by atoms with Crippen LogP contribution in [0.4, 0.5) is 4.39 Å². The first-order chi connectivity index (χ1) is 10.7. The Hall–Kier alpha value is -1.81. The first kappa shape index (κ1) is 18.2. The molecule has 1 atom stereocenters. The average molecular weight is 298 g/mol. The summed E-state index contributed by atoms with van der Waals surface area (Å²) < 4.78 is 12.9. The molecule has 0 saturated carbocycles. The van der Waals surface area contributed by atoms with Gasteiger partial charge in [0.15, 0.2) is 5.83 Å². The summed E-state index contributed by atoms with van der Waals surface area (Å²) in [5.74, 6) is 1.46. The molecule has 1 aromatic rings. The van der Waals surface area contributed by atoms with Crippen molar-refractivity contribution in [2.24, 2.45) is 0 Å². The molecule has 1 rings (SSSR count). The number of unbranched alkanes of at least 4 members (excludes halogenated alkanes) is 1. The highest BCUT2D eigenvalue weighted by atomic mass is 19.1. The fraction of sp³-hybridized carbons (Fsp3) is 0.429. The predicted octanol–water partition coefficient (Wildman–Crippen LogP) is 6.35. The lowest BCUT2D eigenvalue weighted by molar-refractivity contribution is 0.342. The van der Waals surface area contributed by atoms with Crippen molar-refractivity contribution in [1.29, 1.82) is 0 Å². The Morgan fingerprint density at radius 1 is 1.23 bits per heavy atom. The summed E-state index contributed by atoms with van der Waals surface area (Å²) in [7, 11) is 0. The van der Waals surface area contributed by atoms with Crippen LogP contribution in [-0.2, 0) is 5.41 Å². The molecule has 0 aliphatic carbocycles. The molecule has 0 saturated heterocycles. The van der Waals surface area contributed by atoms with Crippen LogP contribution in [-0.4, -0.2) is 0 Å². The highest BCUT2D eigenvalue weighted by Gasteiger charge is 2.28. The second-order valence-electron chi connectivity index (χ2n) is 5.73. The molecule has 0 N–H and O–H groups in total. The quantitative estimate of drug-likeness (QED) is 0.368. The average Bonchev–Trinajstić information content (AvgIpc) is 2.58. The van der Waals surface area contributed by atoms with Gasteiger partial charge in [-0.2, -0.15) is 4.39 Å². The Morgan fingerprint density at radius 3 is 2.55 bits per heavy atom. The molecule has 0 fully saturated rings. The van der Waals surface area contributed by atoms with Gasteiger partial charge in [-0.05, 0) is 48.7 Å². The van der Waals surface area contributed by atoms with Crippen molar-refractivity contribution in [2.75, 3.05) is 0 Å². The summed E-state index contributed by atoms with van der Waals surface area (Å²) in [5, 5.41) is 0. The van der Waals surface area contributed by atoms with E-state index in [1.54, 1.807) is 6.08 Å². The number of halogens is 1. The van der Waals surface area contributed by atoms with Crippen molar-refractivity contribution >= 4 is 0 Å². The van der Waals surface area contributed by atoms with E-state index in [4.69, 9.17) is 6.42 Å². The monoisotopic (exact) mass is 298 g/mol. The number of terminal acetylenes is 1. The van der Waals surface area contributed by atoms with Gasteiger partial charge in [-0.1, -0.05) is 69.2 Å². The highest BCUT2D eigenvalue weighted by molar-refractivity contribution is 5.26. The summed E-state index contributed by atoms with van der Waals surface area (Å²) in [6.07, 6.45) is 16.8. The van der Waals surface area contributed by atoms with E-state index in [1.807, 2.05) is 12.0 Å². The second kappa shape index (κ2) is 10.0. The van der Waals surface area contributed by atoms with Crippen LogP contribution in [0.5, 0.6) is 0 Å². The molecule has 0 amide bonds.